The highest BCUT2D eigenvalue weighted by Crippen LogP contribution is 2.57. The fourth-order valence-electron chi connectivity index (χ4n) is 5.16. The Labute approximate surface area is 191 Å². The minimum absolute atomic E-state index is 0.0255. The Balaban J connectivity index is 2.05. The number of carbonyl (C=O) groups is 4. The van der Waals surface area contributed by atoms with Crippen LogP contribution in [0, 0.1) is 11.8 Å². The fraction of sp³-hybridized carbons (Fsp3) is 0.360. The highest BCUT2D eigenvalue weighted by Gasteiger charge is 2.69. The van der Waals surface area contributed by atoms with E-state index in [0.29, 0.717) is 16.8 Å². The zero-order chi connectivity index (χ0) is 23.8. The van der Waals surface area contributed by atoms with Gasteiger partial charge in [0.1, 0.15) is 11.3 Å². The maximum absolute atomic E-state index is 14.1. The average molecular weight is 450 g/mol. The molecule has 1 spiro atoms. The van der Waals surface area contributed by atoms with Crippen LogP contribution >= 0.6 is 0 Å². The standard InChI is InChI=1S/C25H26N2O6/c1-4-32-22(29)18-19(23(30)33-5-2)25(16-13-9-10-14-17(16)27(3)24(25)31)20(26-21(18)28)15-11-7-6-8-12-15/h6-14,18-20H,4-5H2,1-3H3,(H,26,28)/t18-,19+,20-,25+/m1/s1. The number of amides is 2. The van der Waals surface area contributed by atoms with Crippen molar-refractivity contribution in [2.45, 2.75) is 25.3 Å². The molecule has 2 heterocycles. The average Bonchev–Trinajstić information content (AvgIpc) is 3.03. The summed E-state index contributed by atoms with van der Waals surface area (Å²) in [6.45, 7) is 3.31. The van der Waals surface area contributed by atoms with E-state index in [4.69, 9.17) is 9.47 Å². The highest BCUT2D eigenvalue weighted by atomic mass is 16.5. The lowest BCUT2D eigenvalue weighted by atomic mass is 9.58. The van der Waals surface area contributed by atoms with Gasteiger partial charge in [-0.05, 0) is 31.0 Å². The Morgan fingerprint density at radius 1 is 0.939 bits per heavy atom. The van der Waals surface area contributed by atoms with E-state index in [0.717, 1.165) is 0 Å². The van der Waals surface area contributed by atoms with Gasteiger partial charge in [-0.1, -0.05) is 48.5 Å². The molecule has 0 saturated carbocycles. The molecular formula is C25H26N2O6. The molecule has 0 unspecified atom stereocenters. The second-order valence-electron chi connectivity index (χ2n) is 8.06. The van der Waals surface area contributed by atoms with E-state index in [1.165, 1.54) is 4.90 Å². The van der Waals surface area contributed by atoms with Crippen molar-refractivity contribution >= 4 is 29.4 Å². The Bertz CT molecular complexity index is 1100. The van der Waals surface area contributed by atoms with E-state index < -0.39 is 47.0 Å². The first-order valence-electron chi connectivity index (χ1n) is 11.0. The third-order valence-electron chi connectivity index (χ3n) is 6.43. The molecule has 2 aliphatic rings. The summed E-state index contributed by atoms with van der Waals surface area (Å²) in [5.74, 6) is -5.67. The first kappa shape index (κ1) is 22.5. The Morgan fingerprint density at radius 3 is 2.21 bits per heavy atom. The second-order valence-corrected chi connectivity index (χ2v) is 8.06. The molecule has 172 valence electrons. The van der Waals surface area contributed by atoms with Crippen LogP contribution in [-0.4, -0.2) is 44.0 Å². The third-order valence-corrected chi connectivity index (χ3v) is 6.43. The maximum atomic E-state index is 14.1. The largest absolute Gasteiger partial charge is 0.466 e. The van der Waals surface area contributed by atoms with Gasteiger partial charge in [-0.15, -0.1) is 0 Å². The molecule has 2 aromatic carbocycles. The number of hydrogen-bond donors (Lipinski definition) is 1. The number of piperidine rings is 1. The predicted molar refractivity (Wildman–Crippen MR) is 119 cm³/mol. The molecule has 1 saturated heterocycles. The fourth-order valence-corrected chi connectivity index (χ4v) is 5.16. The van der Waals surface area contributed by atoms with Crippen LogP contribution in [0.5, 0.6) is 0 Å². The molecule has 4 atom stereocenters. The van der Waals surface area contributed by atoms with Gasteiger partial charge >= 0.3 is 11.9 Å². The van der Waals surface area contributed by atoms with Crippen LogP contribution in [0.25, 0.3) is 0 Å². The number of anilines is 1. The minimum atomic E-state index is -1.59. The van der Waals surface area contributed by atoms with E-state index in [2.05, 4.69) is 5.32 Å². The summed E-state index contributed by atoms with van der Waals surface area (Å²) >= 11 is 0. The first-order valence-corrected chi connectivity index (χ1v) is 11.0. The lowest BCUT2D eigenvalue weighted by Gasteiger charge is -2.47. The van der Waals surface area contributed by atoms with Crippen molar-refractivity contribution in [2.24, 2.45) is 11.8 Å². The monoisotopic (exact) mass is 450 g/mol. The number of carbonyl (C=O) groups excluding carboxylic acids is 4. The Kier molecular flexibility index (Phi) is 5.93. The molecule has 0 aliphatic carbocycles. The van der Waals surface area contributed by atoms with E-state index in [9.17, 15) is 19.2 Å². The smallest absolute Gasteiger partial charge is 0.319 e. The lowest BCUT2D eigenvalue weighted by Crippen LogP contribution is -2.66. The Morgan fingerprint density at radius 2 is 1.55 bits per heavy atom. The van der Waals surface area contributed by atoms with Gasteiger partial charge in [-0.25, -0.2) is 0 Å². The van der Waals surface area contributed by atoms with Crippen molar-refractivity contribution in [1.82, 2.24) is 5.32 Å². The Hall–Kier alpha value is -3.68. The predicted octanol–water partition coefficient (Wildman–Crippen LogP) is 2.13. The normalized spacial score (nSPS) is 26.0. The van der Waals surface area contributed by atoms with Crippen molar-refractivity contribution in [3.63, 3.8) is 0 Å². The summed E-state index contributed by atoms with van der Waals surface area (Å²) in [6.07, 6.45) is 0. The zero-order valence-corrected chi connectivity index (χ0v) is 18.7. The van der Waals surface area contributed by atoms with Crippen molar-refractivity contribution in [3.8, 4) is 0 Å². The molecule has 2 aliphatic heterocycles. The summed E-state index contributed by atoms with van der Waals surface area (Å²) in [6, 6.07) is 15.2. The number of rotatable bonds is 5. The quantitative estimate of drug-likeness (QED) is 0.553. The summed E-state index contributed by atoms with van der Waals surface area (Å²) in [4.78, 5) is 55.3. The molecule has 1 N–H and O–H groups in total. The van der Waals surface area contributed by atoms with Gasteiger partial charge in [-0.2, -0.15) is 0 Å². The highest BCUT2D eigenvalue weighted by molar-refractivity contribution is 6.15. The molecule has 8 nitrogen and oxygen atoms in total. The molecular weight excluding hydrogens is 424 g/mol. The van der Waals surface area contributed by atoms with Gasteiger partial charge in [0.05, 0.1) is 19.3 Å². The van der Waals surface area contributed by atoms with Gasteiger partial charge in [0.2, 0.25) is 11.8 Å². The van der Waals surface area contributed by atoms with Crippen LogP contribution in [0.4, 0.5) is 5.69 Å². The molecule has 0 radical (unpaired) electrons. The van der Waals surface area contributed by atoms with E-state index in [1.54, 1.807) is 69.4 Å². The molecule has 0 aromatic heterocycles. The van der Waals surface area contributed by atoms with Crippen molar-refractivity contribution in [3.05, 3.63) is 65.7 Å². The second kappa shape index (κ2) is 8.69. The number of benzene rings is 2. The summed E-state index contributed by atoms with van der Waals surface area (Å²) in [7, 11) is 1.62. The number of nitrogens with one attached hydrogen (secondary N) is 1. The van der Waals surface area contributed by atoms with E-state index in [1.807, 2.05) is 6.07 Å². The van der Waals surface area contributed by atoms with Gasteiger partial charge in [0, 0.05) is 12.7 Å². The number of fused-ring (bicyclic) bond motifs is 2. The van der Waals surface area contributed by atoms with Crippen LogP contribution in [0.3, 0.4) is 0 Å². The third kappa shape index (κ3) is 3.28. The van der Waals surface area contributed by atoms with Gasteiger partial charge in [0.15, 0.2) is 5.92 Å². The molecule has 1 fully saturated rings. The number of nitrogens with zero attached hydrogens (tertiary/aromatic N) is 1. The summed E-state index contributed by atoms with van der Waals surface area (Å²) in [5.41, 5.74) is 0.209. The van der Waals surface area contributed by atoms with Crippen LogP contribution in [0.2, 0.25) is 0 Å². The van der Waals surface area contributed by atoms with Crippen molar-refractivity contribution < 1.29 is 28.7 Å². The SMILES string of the molecule is CCOC(=O)[C@H]1C(=O)N[C@H](c2ccccc2)[C@@]2(C(=O)N(C)c3ccccc32)[C@@H]1C(=O)OCC. The minimum Gasteiger partial charge on any atom is -0.466 e. The summed E-state index contributed by atoms with van der Waals surface area (Å²) in [5, 5.41) is 2.88. The number of likely N-dealkylation sites (N-methyl/N-ethyl adjacent to an activating group) is 1. The molecule has 33 heavy (non-hydrogen) atoms. The lowest BCUT2D eigenvalue weighted by molar-refractivity contribution is -0.173. The van der Waals surface area contributed by atoms with E-state index >= 15 is 0 Å². The molecule has 8 heteroatoms. The van der Waals surface area contributed by atoms with Crippen LogP contribution in [0.1, 0.15) is 31.0 Å². The maximum Gasteiger partial charge on any atom is 0.319 e. The van der Waals surface area contributed by atoms with Crippen molar-refractivity contribution in [2.75, 3.05) is 25.2 Å². The van der Waals surface area contributed by atoms with E-state index in [-0.39, 0.29) is 13.2 Å². The number of esters is 2. The summed E-state index contributed by atoms with van der Waals surface area (Å²) < 4.78 is 10.5. The first-order chi connectivity index (χ1) is 15.9. The zero-order valence-electron chi connectivity index (χ0n) is 18.7. The number of hydrogen-bond acceptors (Lipinski definition) is 6. The van der Waals surface area contributed by atoms with Gasteiger partial charge in [0.25, 0.3) is 0 Å². The molecule has 0 bridgehead atoms. The molecule has 4 rings (SSSR count). The molecule has 2 amide bonds. The number of ether oxygens (including phenoxy) is 2. The van der Waals surface area contributed by atoms with Crippen LogP contribution < -0.4 is 10.2 Å². The number of para-hydroxylation sites is 1. The molecule has 2 aromatic rings. The van der Waals surface area contributed by atoms with Gasteiger partial charge in [-0.3, -0.25) is 19.2 Å². The van der Waals surface area contributed by atoms with Crippen LogP contribution in [0.15, 0.2) is 54.6 Å². The van der Waals surface area contributed by atoms with Gasteiger partial charge < -0.3 is 19.7 Å². The van der Waals surface area contributed by atoms with Crippen molar-refractivity contribution in [1.29, 1.82) is 0 Å². The topological polar surface area (TPSA) is 102 Å². The van der Waals surface area contributed by atoms with Crippen LogP contribution in [-0.2, 0) is 34.1 Å².